The molecule has 1 N–H and O–H groups in total. The highest BCUT2D eigenvalue weighted by atomic mass is 35.5. The van der Waals surface area contributed by atoms with Crippen molar-refractivity contribution in [3.05, 3.63) is 46.9 Å². The van der Waals surface area contributed by atoms with Gasteiger partial charge in [-0.05, 0) is 19.1 Å². The maximum absolute atomic E-state index is 12.0. The van der Waals surface area contributed by atoms with E-state index in [1.165, 1.54) is 11.3 Å². The van der Waals surface area contributed by atoms with Gasteiger partial charge in [0, 0.05) is 5.56 Å². The van der Waals surface area contributed by atoms with Crippen molar-refractivity contribution >= 4 is 44.3 Å². The molecule has 0 atom stereocenters. The number of thiazole rings is 1. The van der Waals surface area contributed by atoms with E-state index in [-0.39, 0.29) is 5.91 Å². The van der Waals surface area contributed by atoms with E-state index in [2.05, 4.69) is 20.3 Å². The first-order valence-corrected chi connectivity index (χ1v) is 7.00. The van der Waals surface area contributed by atoms with Crippen LogP contribution in [0.1, 0.15) is 16.2 Å². The Bertz CT molecular complexity index is 788. The lowest BCUT2D eigenvalue weighted by atomic mass is 10.2. The van der Waals surface area contributed by atoms with Crippen LogP contribution in [0.25, 0.3) is 10.3 Å². The molecule has 0 aliphatic rings. The van der Waals surface area contributed by atoms with Gasteiger partial charge in [-0.15, -0.1) is 0 Å². The Morgan fingerprint density at radius 3 is 2.70 bits per heavy atom. The molecule has 1 aromatic carbocycles. The summed E-state index contributed by atoms with van der Waals surface area (Å²) in [6, 6.07) is 8.93. The Morgan fingerprint density at radius 1 is 1.20 bits per heavy atom. The largest absolute Gasteiger partial charge is 0.298 e. The maximum Gasteiger partial charge on any atom is 0.257 e. The number of halogens is 1. The van der Waals surface area contributed by atoms with E-state index in [1.54, 1.807) is 31.2 Å². The molecule has 0 unspecified atom stereocenters. The standard InChI is InChI=1S/C13H9ClN4OS/c1-7-15-10(14)9-12(16-7)20-13(17-9)18-11(19)8-5-3-2-4-6-8/h2-6H,1H3,(H,17,18,19). The molecule has 0 spiro atoms. The Hall–Kier alpha value is -2.05. The third kappa shape index (κ3) is 2.48. The number of hydrogen-bond acceptors (Lipinski definition) is 5. The van der Waals surface area contributed by atoms with Gasteiger partial charge < -0.3 is 0 Å². The monoisotopic (exact) mass is 304 g/mol. The zero-order valence-corrected chi connectivity index (χ0v) is 12.0. The normalized spacial score (nSPS) is 10.7. The quantitative estimate of drug-likeness (QED) is 0.738. The van der Waals surface area contributed by atoms with E-state index >= 15 is 0 Å². The van der Waals surface area contributed by atoms with E-state index in [0.29, 0.717) is 32.0 Å². The van der Waals surface area contributed by atoms with Crippen LogP contribution < -0.4 is 5.32 Å². The van der Waals surface area contributed by atoms with Crippen LogP contribution in [-0.2, 0) is 0 Å². The summed E-state index contributed by atoms with van der Waals surface area (Å²) >= 11 is 7.28. The number of rotatable bonds is 2. The molecule has 3 rings (SSSR count). The van der Waals surface area contributed by atoms with Crippen molar-refractivity contribution in [1.82, 2.24) is 15.0 Å². The molecule has 20 heavy (non-hydrogen) atoms. The lowest BCUT2D eigenvalue weighted by Gasteiger charge is -2.00. The van der Waals surface area contributed by atoms with Gasteiger partial charge in [0.1, 0.15) is 11.3 Å². The van der Waals surface area contributed by atoms with Gasteiger partial charge in [0.05, 0.1) is 0 Å². The molecule has 0 bridgehead atoms. The van der Waals surface area contributed by atoms with Gasteiger partial charge in [-0.25, -0.2) is 15.0 Å². The average molecular weight is 305 g/mol. The Labute approximate surface area is 123 Å². The third-order valence-electron chi connectivity index (χ3n) is 2.58. The van der Waals surface area contributed by atoms with E-state index in [9.17, 15) is 4.79 Å². The fourth-order valence-electron chi connectivity index (χ4n) is 1.70. The summed E-state index contributed by atoms with van der Waals surface area (Å²) in [5.74, 6) is 0.359. The van der Waals surface area contributed by atoms with Crippen molar-refractivity contribution in [3.63, 3.8) is 0 Å². The Kier molecular flexibility index (Phi) is 3.33. The summed E-state index contributed by atoms with van der Waals surface area (Å²) in [5, 5.41) is 3.49. The number of aryl methyl sites for hydroxylation is 1. The molecule has 3 aromatic rings. The molecule has 0 aliphatic carbocycles. The van der Waals surface area contributed by atoms with E-state index in [4.69, 9.17) is 11.6 Å². The van der Waals surface area contributed by atoms with Gasteiger partial charge in [0.2, 0.25) is 0 Å². The summed E-state index contributed by atoms with van der Waals surface area (Å²) in [6.45, 7) is 1.76. The second kappa shape index (κ2) is 5.15. The fraction of sp³-hybridized carbons (Fsp3) is 0.0769. The van der Waals surface area contributed by atoms with E-state index in [1.807, 2.05) is 6.07 Å². The molecule has 0 aliphatic heterocycles. The highest BCUT2D eigenvalue weighted by Crippen LogP contribution is 2.28. The highest BCUT2D eigenvalue weighted by Gasteiger charge is 2.13. The number of benzene rings is 1. The minimum absolute atomic E-state index is 0.217. The molecule has 0 saturated carbocycles. The number of aromatic nitrogens is 3. The van der Waals surface area contributed by atoms with Gasteiger partial charge in [-0.3, -0.25) is 10.1 Å². The summed E-state index contributed by atoms with van der Waals surface area (Å²) in [6.07, 6.45) is 0. The number of fused-ring (bicyclic) bond motifs is 1. The van der Waals surface area contributed by atoms with Gasteiger partial charge in [-0.2, -0.15) is 0 Å². The fourth-order valence-corrected chi connectivity index (χ4v) is 2.89. The zero-order valence-electron chi connectivity index (χ0n) is 10.4. The number of anilines is 1. The molecule has 0 radical (unpaired) electrons. The molecular formula is C13H9ClN4OS. The molecule has 2 aromatic heterocycles. The average Bonchev–Trinajstić information content (AvgIpc) is 2.82. The minimum atomic E-state index is -0.217. The van der Waals surface area contributed by atoms with Crippen LogP contribution in [0.4, 0.5) is 5.13 Å². The second-order valence-electron chi connectivity index (χ2n) is 4.05. The smallest absolute Gasteiger partial charge is 0.257 e. The first-order valence-electron chi connectivity index (χ1n) is 5.80. The number of carbonyl (C=O) groups is 1. The number of nitrogens with zero attached hydrogens (tertiary/aromatic N) is 3. The van der Waals surface area contributed by atoms with Crippen LogP contribution >= 0.6 is 22.9 Å². The van der Waals surface area contributed by atoms with E-state index < -0.39 is 0 Å². The predicted molar refractivity (Wildman–Crippen MR) is 79.4 cm³/mol. The SMILES string of the molecule is Cc1nc(Cl)c2nc(NC(=O)c3ccccc3)sc2n1. The first-order chi connectivity index (χ1) is 9.63. The number of nitrogens with one attached hydrogen (secondary N) is 1. The van der Waals surface area contributed by atoms with Crippen molar-refractivity contribution < 1.29 is 4.79 Å². The number of carbonyl (C=O) groups excluding carboxylic acids is 1. The third-order valence-corrected chi connectivity index (χ3v) is 3.71. The summed E-state index contributed by atoms with van der Waals surface area (Å²) < 4.78 is 0. The Morgan fingerprint density at radius 2 is 1.95 bits per heavy atom. The van der Waals surface area contributed by atoms with Gasteiger partial charge in [0.25, 0.3) is 5.91 Å². The van der Waals surface area contributed by atoms with Crippen LogP contribution in [0.15, 0.2) is 30.3 Å². The van der Waals surface area contributed by atoms with Gasteiger partial charge in [0.15, 0.2) is 15.1 Å². The van der Waals surface area contributed by atoms with Crippen molar-refractivity contribution in [2.75, 3.05) is 5.32 Å². The highest BCUT2D eigenvalue weighted by molar-refractivity contribution is 7.22. The minimum Gasteiger partial charge on any atom is -0.298 e. The lowest BCUT2D eigenvalue weighted by Crippen LogP contribution is -2.11. The predicted octanol–water partition coefficient (Wildman–Crippen LogP) is 3.30. The first kappa shape index (κ1) is 13.0. The molecule has 5 nitrogen and oxygen atoms in total. The summed E-state index contributed by atoms with van der Waals surface area (Å²) in [7, 11) is 0. The zero-order chi connectivity index (χ0) is 14.1. The van der Waals surface area contributed by atoms with Crippen molar-refractivity contribution in [2.45, 2.75) is 6.92 Å². The number of amides is 1. The molecule has 7 heteroatoms. The van der Waals surface area contributed by atoms with Crippen LogP contribution in [0.3, 0.4) is 0 Å². The Balaban J connectivity index is 1.92. The molecular weight excluding hydrogens is 296 g/mol. The topological polar surface area (TPSA) is 67.8 Å². The van der Waals surface area contributed by atoms with Gasteiger partial charge in [-0.1, -0.05) is 41.1 Å². The summed E-state index contributed by atoms with van der Waals surface area (Å²) in [5.41, 5.74) is 1.07. The molecule has 100 valence electrons. The van der Waals surface area contributed by atoms with E-state index in [0.717, 1.165) is 0 Å². The molecule has 0 fully saturated rings. The molecule has 2 heterocycles. The second-order valence-corrected chi connectivity index (χ2v) is 5.39. The molecule has 0 saturated heterocycles. The van der Waals surface area contributed by atoms with Crippen LogP contribution in [-0.4, -0.2) is 20.9 Å². The van der Waals surface area contributed by atoms with Crippen molar-refractivity contribution in [2.24, 2.45) is 0 Å². The van der Waals surface area contributed by atoms with Crippen LogP contribution in [0, 0.1) is 6.92 Å². The van der Waals surface area contributed by atoms with Crippen LogP contribution in [0.5, 0.6) is 0 Å². The van der Waals surface area contributed by atoms with Crippen molar-refractivity contribution in [1.29, 1.82) is 0 Å². The lowest BCUT2D eigenvalue weighted by molar-refractivity contribution is 0.102. The maximum atomic E-state index is 12.0. The van der Waals surface area contributed by atoms with Crippen LogP contribution in [0.2, 0.25) is 5.15 Å². The van der Waals surface area contributed by atoms with Gasteiger partial charge >= 0.3 is 0 Å². The van der Waals surface area contributed by atoms with Crippen molar-refractivity contribution in [3.8, 4) is 0 Å². The summed E-state index contributed by atoms with van der Waals surface area (Å²) in [4.78, 5) is 25.2. The number of hydrogen-bond donors (Lipinski definition) is 1. The molecule has 1 amide bonds.